The maximum Gasteiger partial charge on any atom is 0.0142 e. The molecular weight excluding hydrogens is 172 g/mol. The third-order valence-corrected chi connectivity index (χ3v) is 2.63. The van der Waals surface area contributed by atoms with Crippen molar-refractivity contribution in [3.05, 3.63) is 0 Å². The van der Waals surface area contributed by atoms with Crippen LogP contribution in [0.2, 0.25) is 0 Å². The first-order valence-corrected chi connectivity index (χ1v) is 5.72. The smallest absolute Gasteiger partial charge is 0.0142 e. The van der Waals surface area contributed by atoms with E-state index in [0.29, 0.717) is 12.1 Å². The highest BCUT2D eigenvalue weighted by molar-refractivity contribution is 4.84. The zero-order valence-electron chi connectivity index (χ0n) is 11.0. The number of hydrogen-bond donors (Lipinski definition) is 1. The van der Waals surface area contributed by atoms with Gasteiger partial charge in [-0.1, -0.05) is 20.8 Å². The standard InChI is InChI=1S/C12H28N2/c1-8-11(14(6)7)9-12(4,5)13-10(2)3/h10-11,13H,8-9H2,1-7H3. The summed E-state index contributed by atoms with van der Waals surface area (Å²) in [5, 5.41) is 3.61. The van der Waals surface area contributed by atoms with Crippen LogP contribution in [0, 0.1) is 0 Å². The van der Waals surface area contributed by atoms with Crippen molar-refractivity contribution in [2.75, 3.05) is 14.1 Å². The SMILES string of the molecule is CCC(CC(C)(C)NC(C)C)N(C)C. The van der Waals surface area contributed by atoms with Crippen LogP contribution in [0.3, 0.4) is 0 Å². The molecule has 0 aromatic heterocycles. The van der Waals surface area contributed by atoms with E-state index in [-0.39, 0.29) is 5.54 Å². The molecule has 14 heavy (non-hydrogen) atoms. The molecule has 86 valence electrons. The Morgan fingerprint density at radius 2 is 1.71 bits per heavy atom. The summed E-state index contributed by atoms with van der Waals surface area (Å²) in [5.74, 6) is 0. The van der Waals surface area contributed by atoms with Crippen molar-refractivity contribution >= 4 is 0 Å². The van der Waals surface area contributed by atoms with Crippen molar-refractivity contribution in [2.45, 2.75) is 65.1 Å². The number of nitrogens with one attached hydrogen (secondary N) is 1. The second-order valence-corrected chi connectivity index (χ2v) is 5.41. The van der Waals surface area contributed by atoms with Crippen molar-refractivity contribution in [1.82, 2.24) is 10.2 Å². The molecule has 0 radical (unpaired) electrons. The van der Waals surface area contributed by atoms with E-state index in [2.05, 4.69) is 58.9 Å². The summed E-state index contributed by atoms with van der Waals surface area (Å²) in [7, 11) is 4.33. The van der Waals surface area contributed by atoms with Gasteiger partial charge in [-0.15, -0.1) is 0 Å². The molecule has 0 saturated heterocycles. The molecule has 2 nitrogen and oxygen atoms in total. The van der Waals surface area contributed by atoms with Gasteiger partial charge in [0.1, 0.15) is 0 Å². The van der Waals surface area contributed by atoms with Gasteiger partial charge < -0.3 is 10.2 Å². The average molecular weight is 200 g/mol. The van der Waals surface area contributed by atoms with Crippen LogP contribution in [-0.4, -0.2) is 36.6 Å². The normalized spacial score (nSPS) is 15.2. The highest BCUT2D eigenvalue weighted by Gasteiger charge is 2.23. The van der Waals surface area contributed by atoms with E-state index in [1.165, 1.54) is 12.8 Å². The first kappa shape index (κ1) is 13.9. The Hall–Kier alpha value is -0.0800. The van der Waals surface area contributed by atoms with E-state index in [1.807, 2.05) is 0 Å². The highest BCUT2D eigenvalue weighted by Crippen LogP contribution is 2.17. The van der Waals surface area contributed by atoms with Crippen molar-refractivity contribution in [2.24, 2.45) is 0 Å². The first-order chi connectivity index (χ1) is 6.28. The fourth-order valence-corrected chi connectivity index (χ4v) is 2.12. The monoisotopic (exact) mass is 200 g/mol. The fourth-order valence-electron chi connectivity index (χ4n) is 2.12. The lowest BCUT2D eigenvalue weighted by Crippen LogP contribution is -2.48. The Kier molecular flexibility index (Phi) is 5.68. The van der Waals surface area contributed by atoms with Gasteiger partial charge in [0.2, 0.25) is 0 Å². The molecule has 0 aromatic rings. The van der Waals surface area contributed by atoms with E-state index < -0.39 is 0 Å². The maximum atomic E-state index is 3.61. The predicted octanol–water partition coefficient (Wildman–Crippen LogP) is 2.49. The van der Waals surface area contributed by atoms with Gasteiger partial charge in [0.25, 0.3) is 0 Å². The van der Waals surface area contributed by atoms with Gasteiger partial charge >= 0.3 is 0 Å². The summed E-state index contributed by atoms with van der Waals surface area (Å²) in [6.07, 6.45) is 2.42. The van der Waals surface area contributed by atoms with E-state index >= 15 is 0 Å². The molecule has 0 aliphatic heterocycles. The summed E-state index contributed by atoms with van der Waals surface area (Å²) in [6.45, 7) is 11.3. The van der Waals surface area contributed by atoms with E-state index in [0.717, 1.165) is 0 Å². The van der Waals surface area contributed by atoms with Gasteiger partial charge in [-0.25, -0.2) is 0 Å². The second-order valence-electron chi connectivity index (χ2n) is 5.41. The molecule has 0 aliphatic rings. The molecule has 0 spiro atoms. The Morgan fingerprint density at radius 3 is 2.00 bits per heavy atom. The molecule has 0 heterocycles. The van der Waals surface area contributed by atoms with E-state index in [4.69, 9.17) is 0 Å². The molecule has 0 saturated carbocycles. The molecule has 0 rings (SSSR count). The summed E-state index contributed by atoms with van der Waals surface area (Å²) in [5.41, 5.74) is 0.235. The largest absolute Gasteiger partial charge is 0.310 e. The molecule has 1 atom stereocenters. The minimum Gasteiger partial charge on any atom is -0.310 e. The third kappa shape index (κ3) is 5.61. The van der Waals surface area contributed by atoms with Crippen LogP contribution in [-0.2, 0) is 0 Å². The molecule has 0 amide bonds. The number of hydrogen-bond acceptors (Lipinski definition) is 2. The average Bonchev–Trinajstić information content (AvgIpc) is 1.97. The molecule has 2 heteroatoms. The molecule has 1 N–H and O–H groups in total. The summed E-state index contributed by atoms with van der Waals surface area (Å²) < 4.78 is 0. The van der Waals surface area contributed by atoms with Crippen LogP contribution in [0.1, 0.15) is 47.5 Å². The highest BCUT2D eigenvalue weighted by atomic mass is 15.1. The molecular formula is C12H28N2. The van der Waals surface area contributed by atoms with Crippen LogP contribution >= 0.6 is 0 Å². The van der Waals surface area contributed by atoms with Gasteiger partial charge in [-0.05, 0) is 40.8 Å². The molecule has 0 aromatic carbocycles. The van der Waals surface area contributed by atoms with Crippen molar-refractivity contribution in [3.8, 4) is 0 Å². The lowest BCUT2D eigenvalue weighted by atomic mass is 9.92. The minimum atomic E-state index is 0.235. The van der Waals surface area contributed by atoms with Crippen molar-refractivity contribution < 1.29 is 0 Å². The van der Waals surface area contributed by atoms with Gasteiger partial charge in [-0.3, -0.25) is 0 Å². The Balaban J connectivity index is 4.17. The van der Waals surface area contributed by atoms with Gasteiger partial charge in [-0.2, -0.15) is 0 Å². The second kappa shape index (κ2) is 5.72. The Labute approximate surface area is 90.1 Å². The lowest BCUT2D eigenvalue weighted by molar-refractivity contribution is 0.204. The van der Waals surface area contributed by atoms with Crippen LogP contribution in [0.15, 0.2) is 0 Å². The molecule has 1 unspecified atom stereocenters. The van der Waals surface area contributed by atoms with E-state index in [9.17, 15) is 0 Å². The lowest BCUT2D eigenvalue weighted by Gasteiger charge is -2.35. The third-order valence-electron chi connectivity index (χ3n) is 2.63. The van der Waals surface area contributed by atoms with Crippen LogP contribution in [0.25, 0.3) is 0 Å². The molecule has 0 fully saturated rings. The van der Waals surface area contributed by atoms with Gasteiger partial charge in [0, 0.05) is 17.6 Å². The van der Waals surface area contributed by atoms with Crippen molar-refractivity contribution in [3.63, 3.8) is 0 Å². The van der Waals surface area contributed by atoms with Crippen molar-refractivity contribution in [1.29, 1.82) is 0 Å². The van der Waals surface area contributed by atoms with Gasteiger partial charge in [0.15, 0.2) is 0 Å². The first-order valence-electron chi connectivity index (χ1n) is 5.72. The number of rotatable bonds is 6. The van der Waals surface area contributed by atoms with Crippen LogP contribution in [0.5, 0.6) is 0 Å². The zero-order valence-corrected chi connectivity index (χ0v) is 11.0. The fraction of sp³-hybridized carbons (Fsp3) is 1.00. The van der Waals surface area contributed by atoms with E-state index in [1.54, 1.807) is 0 Å². The Bertz CT molecular complexity index is 150. The molecule has 0 bridgehead atoms. The summed E-state index contributed by atoms with van der Waals surface area (Å²) in [4.78, 5) is 2.32. The van der Waals surface area contributed by atoms with Gasteiger partial charge in [0.05, 0.1) is 0 Å². The maximum absolute atomic E-state index is 3.61. The van der Waals surface area contributed by atoms with Crippen LogP contribution in [0.4, 0.5) is 0 Å². The Morgan fingerprint density at radius 1 is 1.21 bits per heavy atom. The molecule has 0 aliphatic carbocycles. The quantitative estimate of drug-likeness (QED) is 0.708. The topological polar surface area (TPSA) is 15.3 Å². The van der Waals surface area contributed by atoms with Crippen LogP contribution < -0.4 is 5.32 Å². The summed E-state index contributed by atoms with van der Waals surface area (Å²) >= 11 is 0. The minimum absolute atomic E-state index is 0.235. The zero-order chi connectivity index (χ0) is 11.4. The number of nitrogens with zero attached hydrogens (tertiary/aromatic N) is 1. The summed E-state index contributed by atoms with van der Waals surface area (Å²) in [6, 6.07) is 1.24. The predicted molar refractivity (Wildman–Crippen MR) is 64.7 cm³/mol.